The largest absolute Gasteiger partial charge is 0.493 e. The molecule has 1 aromatic heterocycles. The summed E-state index contributed by atoms with van der Waals surface area (Å²) in [5.41, 5.74) is 1.75. The second-order valence-corrected chi connectivity index (χ2v) is 6.79. The van der Waals surface area contributed by atoms with Crippen molar-refractivity contribution in [2.45, 2.75) is 31.9 Å². The van der Waals surface area contributed by atoms with Gasteiger partial charge in [0.05, 0.1) is 7.11 Å². The van der Waals surface area contributed by atoms with E-state index >= 15 is 0 Å². The Morgan fingerprint density at radius 2 is 1.88 bits per heavy atom. The van der Waals surface area contributed by atoms with E-state index in [4.69, 9.17) is 9.47 Å². The summed E-state index contributed by atoms with van der Waals surface area (Å²) < 4.78 is 11.6. The number of rotatable bonds is 7. The van der Waals surface area contributed by atoms with Gasteiger partial charge in [-0.15, -0.1) is 0 Å². The van der Waals surface area contributed by atoms with Crippen LogP contribution in [0.1, 0.15) is 18.5 Å². The number of methoxy groups -OCH3 is 1. The van der Waals surface area contributed by atoms with E-state index in [1.807, 2.05) is 38.2 Å². The van der Waals surface area contributed by atoms with Crippen molar-refractivity contribution in [3.05, 3.63) is 30.0 Å². The van der Waals surface area contributed by atoms with E-state index in [0.717, 1.165) is 41.5 Å². The van der Waals surface area contributed by atoms with E-state index in [2.05, 4.69) is 39.6 Å². The molecule has 0 amide bonds. The molecule has 0 unspecified atom stereocenters. The van der Waals surface area contributed by atoms with Crippen molar-refractivity contribution in [1.29, 1.82) is 0 Å². The number of hydrogen-bond donors (Lipinski definition) is 2. The normalized spacial score (nSPS) is 19.0. The Labute approximate surface area is 154 Å². The van der Waals surface area contributed by atoms with E-state index in [1.165, 1.54) is 0 Å². The van der Waals surface area contributed by atoms with Crippen LogP contribution in [0.5, 0.6) is 11.5 Å². The molecule has 26 heavy (non-hydrogen) atoms. The Hall–Kier alpha value is -2.54. The first-order chi connectivity index (χ1) is 12.5. The van der Waals surface area contributed by atoms with Gasteiger partial charge < -0.3 is 25.0 Å². The summed E-state index contributed by atoms with van der Waals surface area (Å²) in [5, 5.41) is 6.28. The Kier molecular flexibility index (Phi) is 5.46. The first-order valence-electron chi connectivity index (χ1n) is 8.80. The van der Waals surface area contributed by atoms with Crippen LogP contribution in [-0.2, 0) is 0 Å². The summed E-state index contributed by atoms with van der Waals surface area (Å²) >= 11 is 0. The third-order valence-corrected chi connectivity index (χ3v) is 4.62. The summed E-state index contributed by atoms with van der Waals surface area (Å²) in [5.74, 6) is 2.78. The van der Waals surface area contributed by atoms with Gasteiger partial charge in [-0.3, -0.25) is 0 Å². The molecule has 3 rings (SSSR count). The van der Waals surface area contributed by atoms with Gasteiger partial charge in [0.2, 0.25) is 5.95 Å². The summed E-state index contributed by atoms with van der Waals surface area (Å²) in [6.45, 7) is 1.94. The molecule has 1 saturated carbocycles. The first kappa shape index (κ1) is 18.3. The number of aromatic nitrogens is 2. The number of benzene rings is 1. The van der Waals surface area contributed by atoms with Crippen LogP contribution >= 0.6 is 0 Å². The van der Waals surface area contributed by atoms with Crippen LogP contribution in [0.15, 0.2) is 24.3 Å². The van der Waals surface area contributed by atoms with Gasteiger partial charge in [0.15, 0.2) is 11.5 Å². The number of anilines is 3. The van der Waals surface area contributed by atoms with Crippen LogP contribution in [0.3, 0.4) is 0 Å². The molecule has 0 aliphatic heterocycles. The number of ether oxygens (including phenoxy) is 2. The van der Waals surface area contributed by atoms with Gasteiger partial charge in [-0.05, 0) is 46.0 Å². The smallest absolute Gasteiger partial charge is 0.229 e. The van der Waals surface area contributed by atoms with E-state index in [9.17, 15) is 0 Å². The average Bonchev–Trinajstić information content (AvgIpc) is 2.57. The number of aryl methyl sites for hydroxylation is 1. The molecular formula is C19H27N5O2. The van der Waals surface area contributed by atoms with Gasteiger partial charge in [0, 0.05) is 36.6 Å². The topological polar surface area (TPSA) is 71.5 Å². The Morgan fingerprint density at radius 3 is 2.54 bits per heavy atom. The van der Waals surface area contributed by atoms with Crippen molar-refractivity contribution in [1.82, 2.24) is 14.9 Å². The number of hydrogen-bond acceptors (Lipinski definition) is 7. The molecule has 1 aromatic carbocycles. The third kappa shape index (κ3) is 4.16. The van der Waals surface area contributed by atoms with Crippen molar-refractivity contribution in [3.63, 3.8) is 0 Å². The zero-order valence-electron chi connectivity index (χ0n) is 16.0. The molecule has 0 bridgehead atoms. The van der Waals surface area contributed by atoms with Crippen molar-refractivity contribution >= 4 is 17.5 Å². The van der Waals surface area contributed by atoms with E-state index < -0.39 is 0 Å². The third-order valence-electron chi connectivity index (χ3n) is 4.62. The molecule has 140 valence electrons. The lowest BCUT2D eigenvalue weighted by Crippen LogP contribution is -2.46. The Bertz CT molecular complexity index is 760. The number of nitrogens with zero attached hydrogens (tertiary/aromatic N) is 3. The highest BCUT2D eigenvalue weighted by Crippen LogP contribution is 2.36. The monoisotopic (exact) mass is 357 g/mol. The van der Waals surface area contributed by atoms with Gasteiger partial charge in [-0.2, -0.15) is 4.98 Å². The average molecular weight is 357 g/mol. The molecule has 0 saturated heterocycles. The minimum absolute atomic E-state index is 0.220. The van der Waals surface area contributed by atoms with Crippen LogP contribution in [-0.4, -0.2) is 55.3 Å². The lowest BCUT2D eigenvalue weighted by molar-refractivity contribution is 0.0383. The van der Waals surface area contributed by atoms with Gasteiger partial charge in [0.1, 0.15) is 11.9 Å². The van der Waals surface area contributed by atoms with Crippen LogP contribution in [0.4, 0.5) is 17.5 Å². The van der Waals surface area contributed by atoms with Crippen LogP contribution in [0.25, 0.3) is 0 Å². The predicted octanol–water partition coefficient (Wildman–Crippen LogP) is 3.05. The highest BCUT2D eigenvalue weighted by Gasteiger charge is 2.32. The van der Waals surface area contributed by atoms with Crippen molar-refractivity contribution < 1.29 is 9.47 Å². The molecule has 1 aliphatic carbocycles. The molecule has 0 radical (unpaired) electrons. The molecule has 2 aromatic rings. The Morgan fingerprint density at radius 1 is 1.12 bits per heavy atom. The molecule has 0 spiro atoms. The van der Waals surface area contributed by atoms with E-state index in [0.29, 0.717) is 12.0 Å². The summed E-state index contributed by atoms with van der Waals surface area (Å²) in [6, 6.07) is 8.25. The molecule has 2 N–H and O–H groups in total. The van der Waals surface area contributed by atoms with Crippen molar-refractivity contribution in [2.24, 2.45) is 0 Å². The molecule has 7 heteroatoms. The summed E-state index contributed by atoms with van der Waals surface area (Å²) in [7, 11) is 7.70. The first-order valence-corrected chi connectivity index (χ1v) is 8.80. The van der Waals surface area contributed by atoms with Crippen molar-refractivity contribution in [2.75, 3.05) is 38.9 Å². The zero-order chi connectivity index (χ0) is 18.7. The zero-order valence-corrected chi connectivity index (χ0v) is 16.0. The fraction of sp³-hybridized carbons (Fsp3) is 0.474. The minimum Gasteiger partial charge on any atom is -0.493 e. The SMILES string of the molecule is CNc1cc(C)nc(Nc2ccc(OC)c(OC3CC(N(C)C)C3)c2)n1. The molecular weight excluding hydrogens is 330 g/mol. The molecule has 1 aliphatic rings. The second kappa shape index (κ2) is 7.78. The second-order valence-electron chi connectivity index (χ2n) is 6.79. The fourth-order valence-electron chi connectivity index (χ4n) is 2.96. The lowest BCUT2D eigenvalue weighted by Gasteiger charge is -2.39. The highest BCUT2D eigenvalue weighted by atomic mass is 16.5. The fourth-order valence-corrected chi connectivity index (χ4v) is 2.96. The maximum absolute atomic E-state index is 6.15. The van der Waals surface area contributed by atoms with Gasteiger partial charge in [-0.1, -0.05) is 0 Å². The maximum atomic E-state index is 6.15. The summed E-state index contributed by atoms with van der Waals surface area (Å²) in [4.78, 5) is 11.1. The van der Waals surface area contributed by atoms with Gasteiger partial charge >= 0.3 is 0 Å². The predicted molar refractivity (Wildman–Crippen MR) is 104 cm³/mol. The molecule has 0 atom stereocenters. The van der Waals surface area contributed by atoms with Crippen LogP contribution < -0.4 is 20.1 Å². The van der Waals surface area contributed by atoms with Crippen molar-refractivity contribution in [3.8, 4) is 11.5 Å². The minimum atomic E-state index is 0.220. The van der Waals surface area contributed by atoms with Crippen LogP contribution in [0, 0.1) is 6.92 Å². The van der Waals surface area contributed by atoms with E-state index in [1.54, 1.807) is 7.11 Å². The summed E-state index contributed by atoms with van der Waals surface area (Å²) in [6.07, 6.45) is 2.28. The standard InChI is InChI=1S/C19H27N5O2/c1-12-8-18(20-2)23-19(21-12)22-13-6-7-16(25-5)17(9-13)26-15-10-14(11-15)24(3)4/h6-9,14-15H,10-11H2,1-5H3,(H2,20,21,22,23). The highest BCUT2D eigenvalue weighted by molar-refractivity contribution is 5.60. The molecule has 1 heterocycles. The Balaban J connectivity index is 1.74. The van der Waals surface area contributed by atoms with Gasteiger partial charge in [-0.25, -0.2) is 4.98 Å². The van der Waals surface area contributed by atoms with E-state index in [-0.39, 0.29) is 6.10 Å². The number of nitrogens with one attached hydrogen (secondary N) is 2. The molecule has 7 nitrogen and oxygen atoms in total. The maximum Gasteiger partial charge on any atom is 0.229 e. The quantitative estimate of drug-likeness (QED) is 0.789. The van der Waals surface area contributed by atoms with Crippen LogP contribution in [0.2, 0.25) is 0 Å². The lowest BCUT2D eigenvalue weighted by atomic mass is 9.88. The molecule has 1 fully saturated rings. The van der Waals surface area contributed by atoms with Gasteiger partial charge in [0.25, 0.3) is 0 Å².